The zero-order valence-corrected chi connectivity index (χ0v) is 13.7. The second kappa shape index (κ2) is 7.38. The lowest BCUT2D eigenvalue weighted by Crippen LogP contribution is -2.42. The van der Waals surface area contributed by atoms with E-state index >= 15 is 0 Å². The summed E-state index contributed by atoms with van der Waals surface area (Å²) >= 11 is 3.24. The second-order valence-corrected chi connectivity index (χ2v) is 5.94. The number of carbonyl (C=O) groups excluding carboxylic acids is 1. The van der Waals surface area contributed by atoms with Gasteiger partial charge in [-0.1, -0.05) is 6.07 Å². The Morgan fingerprint density at radius 2 is 2.05 bits per heavy atom. The SMILES string of the molecule is CC(N)C1CCN(C(=O)c2c(F)cccc2Br)CC1.Cl. The van der Waals surface area contributed by atoms with E-state index in [1.807, 2.05) is 6.92 Å². The van der Waals surface area contributed by atoms with Crippen molar-refractivity contribution in [3.8, 4) is 0 Å². The Hall–Kier alpha value is -0.650. The van der Waals surface area contributed by atoms with Crippen LogP contribution < -0.4 is 5.73 Å². The fourth-order valence-corrected chi connectivity index (χ4v) is 3.00. The lowest BCUT2D eigenvalue weighted by molar-refractivity contribution is 0.0675. The number of nitrogens with zero attached hydrogens (tertiary/aromatic N) is 1. The molecule has 1 heterocycles. The molecule has 1 atom stereocenters. The topological polar surface area (TPSA) is 46.3 Å². The average Bonchev–Trinajstić information content (AvgIpc) is 2.38. The maximum absolute atomic E-state index is 13.8. The number of benzene rings is 1. The highest BCUT2D eigenvalue weighted by Gasteiger charge is 2.27. The Kier molecular flexibility index (Phi) is 6.43. The van der Waals surface area contributed by atoms with Gasteiger partial charge in [0.25, 0.3) is 5.91 Å². The molecule has 0 aliphatic carbocycles. The maximum atomic E-state index is 13.8. The predicted molar refractivity (Wildman–Crippen MR) is 83.6 cm³/mol. The lowest BCUT2D eigenvalue weighted by atomic mass is 9.90. The quantitative estimate of drug-likeness (QED) is 0.875. The van der Waals surface area contributed by atoms with Gasteiger partial charge in [0.1, 0.15) is 5.82 Å². The van der Waals surface area contributed by atoms with Crippen molar-refractivity contribution in [3.63, 3.8) is 0 Å². The van der Waals surface area contributed by atoms with Crippen molar-refractivity contribution >= 4 is 34.2 Å². The van der Waals surface area contributed by atoms with Gasteiger partial charge in [-0.2, -0.15) is 0 Å². The lowest BCUT2D eigenvalue weighted by Gasteiger charge is -2.34. The Morgan fingerprint density at radius 1 is 1.45 bits per heavy atom. The molecule has 0 radical (unpaired) electrons. The van der Waals surface area contributed by atoms with Crippen molar-refractivity contribution in [1.82, 2.24) is 4.90 Å². The van der Waals surface area contributed by atoms with E-state index in [0.717, 1.165) is 12.8 Å². The first-order chi connectivity index (χ1) is 9.00. The molecule has 2 rings (SSSR count). The molecule has 1 aliphatic rings. The highest BCUT2D eigenvalue weighted by atomic mass is 79.9. The molecule has 0 spiro atoms. The van der Waals surface area contributed by atoms with Gasteiger partial charge in [0.15, 0.2) is 0 Å². The largest absolute Gasteiger partial charge is 0.339 e. The molecule has 1 amide bonds. The van der Waals surface area contributed by atoms with Gasteiger partial charge in [-0.25, -0.2) is 4.39 Å². The Morgan fingerprint density at radius 3 is 2.55 bits per heavy atom. The third-order valence-corrected chi connectivity index (χ3v) is 4.41. The standard InChI is InChI=1S/C14H18BrFN2O.ClH/c1-9(17)10-5-7-18(8-6-10)14(19)13-11(15)3-2-4-12(13)16;/h2-4,9-10H,5-8,17H2,1H3;1H. The van der Waals surface area contributed by atoms with Crippen LogP contribution in [0.2, 0.25) is 0 Å². The van der Waals surface area contributed by atoms with E-state index in [0.29, 0.717) is 23.5 Å². The molecule has 112 valence electrons. The van der Waals surface area contributed by atoms with E-state index < -0.39 is 5.82 Å². The maximum Gasteiger partial charge on any atom is 0.257 e. The predicted octanol–water partition coefficient (Wildman–Crippen LogP) is 3.21. The summed E-state index contributed by atoms with van der Waals surface area (Å²) in [4.78, 5) is 14.1. The summed E-state index contributed by atoms with van der Waals surface area (Å²) in [5.74, 6) is -0.269. The molecule has 0 aromatic heterocycles. The first-order valence-corrected chi connectivity index (χ1v) is 7.29. The van der Waals surface area contributed by atoms with E-state index in [4.69, 9.17) is 5.73 Å². The number of likely N-dealkylation sites (tertiary alicyclic amines) is 1. The Bertz CT molecular complexity index is 456. The zero-order valence-electron chi connectivity index (χ0n) is 11.3. The van der Waals surface area contributed by atoms with Gasteiger partial charge in [0.05, 0.1) is 5.56 Å². The van der Waals surface area contributed by atoms with E-state index in [2.05, 4.69) is 15.9 Å². The highest BCUT2D eigenvalue weighted by Crippen LogP contribution is 2.25. The Balaban J connectivity index is 0.00000200. The zero-order chi connectivity index (χ0) is 14.0. The molecular formula is C14H19BrClFN2O. The molecule has 1 unspecified atom stereocenters. The van der Waals surface area contributed by atoms with Crippen LogP contribution in [0.3, 0.4) is 0 Å². The van der Waals surface area contributed by atoms with E-state index in [1.165, 1.54) is 6.07 Å². The van der Waals surface area contributed by atoms with Crippen LogP contribution >= 0.6 is 28.3 Å². The van der Waals surface area contributed by atoms with Crippen molar-refractivity contribution in [3.05, 3.63) is 34.1 Å². The molecule has 1 aromatic carbocycles. The van der Waals surface area contributed by atoms with Gasteiger partial charge in [-0.3, -0.25) is 4.79 Å². The van der Waals surface area contributed by atoms with Crippen LogP contribution in [0, 0.1) is 11.7 Å². The van der Waals surface area contributed by atoms with Gasteiger partial charge in [-0.05, 0) is 53.7 Å². The van der Waals surface area contributed by atoms with Crippen LogP contribution in [-0.4, -0.2) is 29.9 Å². The first kappa shape index (κ1) is 17.4. The molecule has 3 nitrogen and oxygen atoms in total. The number of carbonyl (C=O) groups is 1. The third kappa shape index (κ3) is 3.71. The molecule has 1 aliphatic heterocycles. The minimum Gasteiger partial charge on any atom is -0.339 e. The molecule has 20 heavy (non-hydrogen) atoms. The fraction of sp³-hybridized carbons (Fsp3) is 0.500. The number of hydrogen-bond donors (Lipinski definition) is 1. The summed E-state index contributed by atoms with van der Waals surface area (Å²) in [6.45, 7) is 3.28. The van der Waals surface area contributed by atoms with Gasteiger partial charge in [0.2, 0.25) is 0 Å². The van der Waals surface area contributed by atoms with Crippen molar-refractivity contribution < 1.29 is 9.18 Å². The monoisotopic (exact) mass is 364 g/mol. The third-order valence-electron chi connectivity index (χ3n) is 3.75. The summed E-state index contributed by atoms with van der Waals surface area (Å²) in [5.41, 5.74) is 6.00. The summed E-state index contributed by atoms with van der Waals surface area (Å²) in [5, 5.41) is 0. The molecule has 2 N–H and O–H groups in total. The molecule has 0 saturated carbocycles. The number of nitrogens with two attached hydrogens (primary N) is 1. The first-order valence-electron chi connectivity index (χ1n) is 6.49. The van der Waals surface area contributed by atoms with Crippen LogP contribution in [0.1, 0.15) is 30.1 Å². The smallest absolute Gasteiger partial charge is 0.257 e. The van der Waals surface area contributed by atoms with Crippen molar-refractivity contribution in [1.29, 1.82) is 0 Å². The summed E-state index contributed by atoms with van der Waals surface area (Å²) in [6.07, 6.45) is 1.77. The van der Waals surface area contributed by atoms with Gasteiger partial charge < -0.3 is 10.6 Å². The van der Waals surface area contributed by atoms with Crippen molar-refractivity contribution in [2.45, 2.75) is 25.8 Å². The van der Waals surface area contributed by atoms with E-state index in [-0.39, 0.29) is 29.9 Å². The molecular weight excluding hydrogens is 347 g/mol. The van der Waals surface area contributed by atoms with Gasteiger partial charge in [-0.15, -0.1) is 12.4 Å². The molecule has 1 aromatic rings. The Labute approximate surface area is 133 Å². The van der Waals surface area contributed by atoms with Crippen LogP contribution in [0.5, 0.6) is 0 Å². The van der Waals surface area contributed by atoms with Crippen LogP contribution in [0.25, 0.3) is 0 Å². The van der Waals surface area contributed by atoms with Crippen molar-refractivity contribution in [2.24, 2.45) is 11.7 Å². The molecule has 1 fully saturated rings. The van der Waals surface area contributed by atoms with Gasteiger partial charge in [0, 0.05) is 23.6 Å². The minimum absolute atomic E-state index is 0. The minimum atomic E-state index is -0.478. The fourth-order valence-electron chi connectivity index (χ4n) is 2.49. The summed E-state index contributed by atoms with van der Waals surface area (Å²) in [6, 6.07) is 4.73. The highest BCUT2D eigenvalue weighted by molar-refractivity contribution is 9.10. The summed E-state index contributed by atoms with van der Waals surface area (Å²) < 4.78 is 14.3. The van der Waals surface area contributed by atoms with E-state index in [1.54, 1.807) is 17.0 Å². The van der Waals surface area contributed by atoms with Crippen LogP contribution in [0.4, 0.5) is 4.39 Å². The summed E-state index contributed by atoms with van der Waals surface area (Å²) in [7, 11) is 0. The number of halogens is 3. The molecule has 1 saturated heterocycles. The van der Waals surface area contributed by atoms with E-state index in [9.17, 15) is 9.18 Å². The number of piperidine rings is 1. The van der Waals surface area contributed by atoms with Gasteiger partial charge >= 0.3 is 0 Å². The number of amides is 1. The molecule has 0 bridgehead atoms. The van der Waals surface area contributed by atoms with Crippen molar-refractivity contribution in [2.75, 3.05) is 13.1 Å². The number of hydrogen-bond acceptors (Lipinski definition) is 2. The average molecular weight is 366 g/mol. The van der Waals surface area contributed by atoms with Crippen LogP contribution in [-0.2, 0) is 0 Å². The second-order valence-electron chi connectivity index (χ2n) is 5.09. The normalized spacial score (nSPS) is 17.5. The number of rotatable bonds is 2. The van der Waals surface area contributed by atoms with Crippen LogP contribution in [0.15, 0.2) is 22.7 Å². The molecule has 6 heteroatoms.